The molecule has 1 heterocycles. The number of carbonyl (C=O) groups is 3. The van der Waals surface area contributed by atoms with Gasteiger partial charge >= 0.3 is 30.1 Å². The highest BCUT2D eigenvalue weighted by atomic mass is 79.9. The van der Waals surface area contributed by atoms with E-state index in [0.717, 1.165) is 0 Å². The second kappa shape index (κ2) is 14.4. The summed E-state index contributed by atoms with van der Waals surface area (Å²) in [5, 5.41) is 14.4. The van der Waals surface area contributed by atoms with Gasteiger partial charge < -0.3 is 32.9 Å². The van der Waals surface area contributed by atoms with Gasteiger partial charge in [0.25, 0.3) is 0 Å². The average molecular weight is 616 g/mol. The lowest BCUT2D eigenvalue weighted by atomic mass is 10.3. The van der Waals surface area contributed by atoms with Gasteiger partial charge in [-0.25, -0.2) is 9.13 Å². The first-order valence-corrected chi connectivity index (χ1v) is 10.9. The summed E-state index contributed by atoms with van der Waals surface area (Å²) in [5.41, 5.74) is 0.940. The van der Waals surface area contributed by atoms with Gasteiger partial charge in [0.1, 0.15) is 5.69 Å². The molecular weight excluding hydrogens is 592 g/mol. The largest absolute Gasteiger partial charge is 1.00 e. The van der Waals surface area contributed by atoms with Crippen molar-refractivity contribution in [3.8, 4) is 0 Å². The molecule has 10 nitrogen and oxygen atoms in total. The molecule has 0 aliphatic carbocycles. The molecule has 1 aromatic heterocycles. The monoisotopic (exact) mass is 615 g/mol. The number of aromatic nitrogens is 2. The van der Waals surface area contributed by atoms with E-state index < -0.39 is 24.2 Å². The van der Waals surface area contributed by atoms with Gasteiger partial charge in [-0.05, 0) is 37.1 Å². The van der Waals surface area contributed by atoms with Crippen molar-refractivity contribution in [1.82, 2.24) is 15.2 Å². The number of halogens is 7. The minimum absolute atomic E-state index is 0. The van der Waals surface area contributed by atoms with Crippen LogP contribution in [0, 0.1) is 0 Å². The summed E-state index contributed by atoms with van der Waals surface area (Å²) in [6.07, 6.45) is -6.65. The molecule has 38 heavy (non-hydrogen) atoms. The summed E-state index contributed by atoms with van der Waals surface area (Å²) in [5.74, 6) is -4.14. The standard InChI is InChI=1S/C21H23F6N7O3.BrH/c1-14(35)30-15-4-6-16(7-5-15)31-32-19-33(10-2-8-28-17(36)20(22,23)24)12-13-34(19)11-3-9-29-18(37)21(25,26)27;/h4-7,12-13H,2-3,8-11H2,1H3,(H2,28,29,36,37);1H. The van der Waals surface area contributed by atoms with E-state index in [1.54, 1.807) is 56.4 Å². The second-order valence-electron chi connectivity index (χ2n) is 7.63. The predicted molar refractivity (Wildman–Crippen MR) is 117 cm³/mol. The highest BCUT2D eigenvalue weighted by Gasteiger charge is 2.38. The first-order chi connectivity index (χ1) is 17.3. The number of hydrogen-bond donors (Lipinski definition) is 3. The number of anilines is 1. The molecule has 17 heteroatoms. The van der Waals surface area contributed by atoms with E-state index in [-0.39, 0.29) is 67.9 Å². The Morgan fingerprint density at radius 3 is 1.97 bits per heavy atom. The summed E-state index contributed by atoms with van der Waals surface area (Å²) in [7, 11) is 0. The minimum atomic E-state index is -4.99. The maximum absolute atomic E-state index is 12.3. The Morgan fingerprint density at radius 2 is 1.45 bits per heavy atom. The first-order valence-electron chi connectivity index (χ1n) is 10.9. The summed E-state index contributed by atoms with van der Waals surface area (Å²) >= 11 is 0. The van der Waals surface area contributed by atoms with Gasteiger partial charge in [-0.3, -0.25) is 14.4 Å². The van der Waals surface area contributed by atoms with E-state index in [0.29, 0.717) is 11.4 Å². The number of amides is 3. The zero-order valence-electron chi connectivity index (χ0n) is 19.9. The third-order valence-corrected chi connectivity index (χ3v) is 4.62. The number of nitrogens with one attached hydrogen (secondary N) is 3. The van der Waals surface area contributed by atoms with Gasteiger partial charge in [-0.15, -0.1) is 0 Å². The number of azo groups is 1. The number of nitrogens with zero attached hydrogens (tertiary/aromatic N) is 4. The van der Waals surface area contributed by atoms with Crippen LogP contribution in [-0.4, -0.2) is 47.7 Å². The number of rotatable bonds is 11. The molecule has 0 radical (unpaired) electrons. The molecule has 1 aromatic carbocycles. The Balaban J connectivity index is 0.00000722. The van der Waals surface area contributed by atoms with Crippen LogP contribution in [0.2, 0.25) is 0 Å². The fourth-order valence-corrected chi connectivity index (χ4v) is 2.94. The van der Waals surface area contributed by atoms with E-state index in [1.807, 2.05) is 0 Å². The van der Waals surface area contributed by atoms with Crippen LogP contribution in [0.5, 0.6) is 0 Å². The molecule has 0 unspecified atom stereocenters. The quantitative estimate of drug-likeness (QED) is 0.146. The van der Waals surface area contributed by atoms with E-state index >= 15 is 0 Å². The molecule has 0 saturated heterocycles. The molecule has 0 aliphatic heterocycles. The third kappa shape index (κ3) is 10.9. The van der Waals surface area contributed by atoms with Crippen LogP contribution in [0.1, 0.15) is 19.8 Å². The molecule has 0 spiro atoms. The van der Waals surface area contributed by atoms with Crippen molar-refractivity contribution in [3.63, 3.8) is 0 Å². The van der Waals surface area contributed by atoms with Crippen molar-refractivity contribution in [2.45, 2.75) is 45.2 Å². The van der Waals surface area contributed by atoms with E-state index in [9.17, 15) is 40.7 Å². The zero-order chi connectivity index (χ0) is 27.6. The van der Waals surface area contributed by atoms with Gasteiger partial charge in [0, 0.05) is 30.8 Å². The molecule has 0 bridgehead atoms. The SMILES string of the molecule is CC(=O)Nc1ccc(N=Nc2n(CCCNC(=O)C(F)(F)F)cc[n+]2CCCNC(=O)C(F)(F)F)cc1.[Br-]. The van der Waals surface area contributed by atoms with Crippen LogP contribution in [-0.2, 0) is 27.5 Å². The van der Waals surface area contributed by atoms with Crippen molar-refractivity contribution >= 4 is 35.0 Å². The van der Waals surface area contributed by atoms with E-state index in [2.05, 4.69) is 15.5 Å². The Kier molecular flexibility index (Phi) is 12.4. The lowest BCUT2D eigenvalue weighted by molar-refractivity contribution is -0.683. The maximum Gasteiger partial charge on any atom is 0.471 e. The van der Waals surface area contributed by atoms with Gasteiger partial charge in [-0.1, -0.05) is 5.11 Å². The predicted octanol–water partition coefficient (Wildman–Crippen LogP) is 0.291. The van der Waals surface area contributed by atoms with Crippen molar-refractivity contribution in [3.05, 3.63) is 36.7 Å². The Hall–Kier alpha value is -3.50. The highest BCUT2D eigenvalue weighted by molar-refractivity contribution is 5.88. The maximum atomic E-state index is 12.3. The average Bonchev–Trinajstić information content (AvgIpc) is 3.18. The molecule has 0 fully saturated rings. The van der Waals surface area contributed by atoms with Crippen molar-refractivity contribution in [2.75, 3.05) is 18.4 Å². The first kappa shape index (κ1) is 32.5. The fourth-order valence-electron chi connectivity index (χ4n) is 2.94. The van der Waals surface area contributed by atoms with Crippen molar-refractivity contribution in [1.29, 1.82) is 0 Å². The number of aryl methyl sites for hydroxylation is 2. The highest BCUT2D eigenvalue weighted by Crippen LogP contribution is 2.20. The second-order valence-corrected chi connectivity index (χ2v) is 7.63. The number of carbonyl (C=O) groups excluding carboxylic acids is 3. The topological polar surface area (TPSA) is 121 Å². The summed E-state index contributed by atoms with van der Waals surface area (Å²) in [4.78, 5) is 33.0. The van der Waals surface area contributed by atoms with Crippen molar-refractivity contribution < 1.29 is 62.3 Å². The smallest absolute Gasteiger partial charge is 0.471 e. The van der Waals surface area contributed by atoms with Gasteiger partial charge in [0.2, 0.25) is 5.91 Å². The molecule has 2 aromatic rings. The Bertz CT molecular complexity index is 1070. The van der Waals surface area contributed by atoms with Crippen LogP contribution >= 0.6 is 0 Å². The van der Waals surface area contributed by atoms with Gasteiger partial charge in [0.15, 0.2) is 0 Å². The number of hydrogen-bond acceptors (Lipinski definition) is 5. The van der Waals surface area contributed by atoms with Crippen LogP contribution in [0.3, 0.4) is 0 Å². The zero-order valence-corrected chi connectivity index (χ0v) is 21.5. The van der Waals surface area contributed by atoms with Crippen LogP contribution in [0.4, 0.5) is 43.7 Å². The van der Waals surface area contributed by atoms with Crippen LogP contribution < -0.4 is 37.5 Å². The van der Waals surface area contributed by atoms with Crippen LogP contribution in [0.25, 0.3) is 0 Å². The van der Waals surface area contributed by atoms with E-state index in [1.165, 1.54) is 6.92 Å². The summed E-state index contributed by atoms with van der Waals surface area (Å²) in [6, 6.07) is 6.34. The van der Waals surface area contributed by atoms with Crippen LogP contribution in [0.15, 0.2) is 46.9 Å². The Morgan fingerprint density at radius 1 is 0.895 bits per heavy atom. The third-order valence-electron chi connectivity index (χ3n) is 4.62. The van der Waals surface area contributed by atoms with Gasteiger partial charge in [-0.2, -0.15) is 26.3 Å². The number of benzene rings is 1. The fraction of sp³-hybridized carbons (Fsp3) is 0.429. The summed E-state index contributed by atoms with van der Waals surface area (Å²) < 4.78 is 77.0. The lowest BCUT2D eigenvalue weighted by Crippen LogP contribution is -3.00. The van der Waals surface area contributed by atoms with Crippen molar-refractivity contribution in [2.24, 2.45) is 10.2 Å². The molecule has 3 amide bonds. The molecule has 2 rings (SSSR count). The number of imidazole rings is 1. The summed E-state index contributed by atoms with van der Waals surface area (Å²) in [6.45, 7) is 1.11. The van der Waals surface area contributed by atoms with E-state index in [4.69, 9.17) is 0 Å². The number of alkyl halides is 6. The molecular formula is C21H24BrF6N7O3. The molecule has 3 N–H and O–H groups in total. The van der Waals surface area contributed by atoms with Gasteiger partial charge in [0.05, 0.1) is 25.5 Å². The molecule has 210 valence electrons. The molecule has 0 atom stereocenters. The Labute approximate surface area is 223 Å². The minimum Gasteiger partial charge on any atom is -1.00 e. The molecule has 0 saturated carbocycles. The molecule has 0 aliphatic rings. The normalized spacial score (nSPS) is 11.7. The lowest BCUT2D eigenvalue weighted by Gasteiger charge is -2.07.